The SMILES string of the molecule is CC(C)(C)NC(=O)Cn1c2ccccc2c2ncn(Cc3ccc(F)cc3)c(=O)c21. The molecule has 0 atom stereocenters. The van der Waals surface area contributed by atoms with Gasteiger partial charge in [-0.2, -0.15) is 0 Å². The Morgan fingerprint density at radius 2 is 1.80 bits per heavy atom. The van der Waals surface area contributed by atoms with Crippen LogP contribution >= 0.6 is 0 Å². The number of hydrogen-bond donors (Lipinski definition) is 1. The lowest BCUT2D eigenvalue weighted by molar-refractivity contribution is -0.122. The van der Waals surface area contributed by atoms with Gasteiger partial charge in [-0.3, -0.25) is 14.2 Å². The summed E-state index contributed by atoms with van der Waals surface area (Å²) in [7, 11) is 0. The van der Waals surface area contributed by atoms with Gasteiger partial charge in [-0.1, -0.05) is 30.3 Å². The fourth-order valence-corrected chi connectivity index (χ4v) is 3.61. The minimum Gasteiger partial charge on any atom is -0.350 e. The molecule has 0 aliphatic rings. The van der Waals surface area contributed by atoms with Gasteiger partial charge in [0, 0.05) is 10.9 Å². The molecule has 4 aromatic rings. The smallest absolute Gasteiger partial charge is 0.278 e. The van der Waals surface area contributed by atoms with E-state index < -0.39 is 0 Å². The third-order valence-electron chi connectivity index (χ3n) is 4.82. The molecule has 7 heteroatoms. The molecule has 0 aliphatic carbocycles. The second kappa shape index (κ2) is 7.40. The van der Waals surface area contributed by atoms with Crippen molar-refractivity contribution in [1.29, 1.82) is 0 Å². The number of carbonyl (C=O) groups excluding carboxylic acids is 1. The molecule has 0 bridgehead atoms. The summed E-state index contributed by atoms with van der Waals surface area (Å²) in [6, 6.07) is 13.5. The maximum absolute atomic E-state index is 13.4. The number of halogens is 1. The second-order valence-electron chi connectivity index (χ2n) is 8.40. The topological polar surface area (TPSA) is 68.9 Å². The molecule has 0 unspecified atom stereocenters. The molecule has 1 amide bonds. The number of benzene rings is 2. The van der Waals surface area contributed by atoms with Crippen LogP contribution < -0.4 is 10.9 Å². The van der Waals surface area contributed by atoms with E-state index in [2.05, 4.69) is 10.3 Å². The summed E-state index contributed by atoms with van der Waals surface area (Å²) in [5.41, 5.74) is 1.88. The van der Waals surface area contributed by atoms with Gasteiger partial charge >= 0.3 is 0 Å². The molecule has 2 aromatic heterocycles. The number of amides is 1. The van der Waals surface area contributed by atoms with Crippen LogP contribution in [0.2, 0.25) is 0 Å². The van der Waals surface area contributed by atoms with Crippen LogP contribution in [-0.4, -0.2) is 25.6 Å². The van der Waals surface area contributed by atoms with Crippen LogP contribution in [0.5, 0.6) is 0 Å². The zero-order valence-electron chi connectivity index (χ0n) is 17.1. The van der Waals surface area contributed by atoms with Crippen LogP contribution in [0.3, 0.4) is 0 Å². The highest BCUT2D eigenvalue weighted by molar-refractivity contribution is 6.06. The predicted octanol–water partition coefficient (Wildman–Crippen LogP) is 3.45. The first kappa shape index (κ1) is 19.8. The lowest BCUT2D eigenvalue weighted by Crippen LogP contribution is -2.42. The normalized spacial score (nSPS) is 11.9. The number of hydrogen-bond acceptors (Lipinski definition) is 3. The van der Waals surface area contributed by atoms with Gasteiger partial charge in [-0.05, 0) is 44.5 Å². The Morgan fingerprint density at radius 3 is 2.50 bits per heavy atom. The minimum atomic E-state index is -0.378. The second-order valence-corrected chi connectivity index (χ2v) is 8.40. The third kappa shape index (κ3) is 3.83. The molecule has 0 aliphatic heterocycles. The number of rotatable bonds is 4. The van der Waals surface area contributed by atoms with Gasteiger partial charge < -0.3 is 9.88 Å². The molecule has 2 aromatic carbocycles. The largest absolute Gasteiger partial charge is 0.350 e. The van der Waals surface area contributed by atoms with Gasteiger partial charge in [-0.25, -0.2) is 9.37 Å². The Hall–Kier alpha value is -3.48. The first-order valence-corrected chi connectivity index (χ1v) is 9.75. The van der Waals surface area contributed by atoms with Gasteiger partial charge in [0.15, 0.2) is 0 Å². The van der Waals surface area contributed by atoms with Crippen LogP contribution in [0.15, 0.2) is 59.7 Å². The van der Waals surface area contributed by atoms with E-state index in [1.165, 1.54) is 23.0 Å². The standard InChI is InChI=1S/C23H23FN4O2/c1-23(2,3)26-19(29)13-28-18-7-5-4-6-17(18)20-21(28)22(30)27(14-25-20)12-15-8-10-16(24)11-9-15/h4-11,14H,12-13H2,1-3H3,(H,26,29). The van der Waals surface area contributed by atoms with Crippen LogP contribution in [0.1, 0.15) is 26.3 Å². The predicted molar refractivity (Wildman–Crippen MR) is 115 cm³/mol. The summed E-state index contributed by atoms with van der Waals surface area (Å²) in [6.45, 7) is 6.01. The molecule has 1 N–H and O–H groups in total. The molecule has 2 heterocycles. The average molecular weight is 406 g/mol. The first-order chi connectivity index (χ1) is 14.2. The molecule has 0 saturated heterocycles. The lowest BCUT2D eigenvalue weighted by atomic mass is 10.1. The van der Waals surface area contributed by atoms with Crippen LogP contribution in [0.4, 0.5) is 4.39 Å². The number of para-hydroxylation sites is 1. The summed E-state index contributed by atoms with van der Waals surface area (Å²) >= 11 is 0. The Morgan fingerprint density at radius 1 is 1.10 bits per heavy atom. The van der Waals surface area contributed by atoms with E-state index in [4.69, 9.17) is 0 Å². The molecule has 4 rings (SSSR count). The molecule has 154 valence electrons. The number of nitrogens with zero attached hydrogens (tertiary/aromatic N) is 3. The number of carbonyl (C=O) groups is 1. The number of aromatic nitrogens is 3. The summed E-state index contributed by atoms with van der Waals surface area (Å²) in [5.74, 6) is -0.511. The van der Waals surface area contributed by atoms with E-state index >= 15 is 0 Å². The Labute approximate surface area is 173 Å². The molecule has 6 nitrogen and oxygen atoms in total. The molecule has 0 spiro atoms. The highest BCUT2D eigenvalue weighted by Gasteiger charge is 2.20. The van der Waals surface area contributed by atoms with Gasteiger partial charge in [0.25, 0.3) is 5.56 Å². The molecular formula is C23H23FN4O2. The van der Waals surface area contributed by atoms with Gasteiger partial charge in [0.1, 0.15) is 23.4 Å². The summed E-state index contributed by atoms with van der Waals surface area (Å²) in [4.78, 5) is 30.5. The Balaban J connectivity index is 1.84. The average Bonchev–Trinajstić information content (AvgIpc) is 2.99. The molecule has 0 fully saturated rings. The first-order valence-electron chi connectivity index (χ1n) is 9.75. The number of fused-ring (bicyclic) bond motifs is 3. The zero-order valence-corrected chi connectivity index (χ0v) is 17.1. The highest BCUT2D eigenvalue weighted by Crippen LogP contribution is 2.25. The van der Waals surface area contributed by atoms with E-state index in [0.717, 1.165) is 16.5 Å². The molecule has 30 heavy (non-hydrogen) atoms. The van der Waals surface area contributed by atoms with Crippen molar-refractivity contribution in [3.05, 3.63) is 76.6 Å². The summed E-state index contributed by atoms with van der Waals surface area (Å²) < 4.78 is 16.4. The van der Waals surface area contributed by atoms with Crippen molar-refractivity contribution in [2.45, 2.75) is 39.4 Å². The van der Waals surface area contributed by atoms with Gasteiger partial charge in [0.2, 0.25) is 5.91 Å². The maximum atomic E-state index is 13.4. The van der Waals surface area contributed by atoms with Crippen molar-refractivity contribution >= 4 is 27.8 Å². The van der Waals surface area contributed by atoms with Crippen molar-refractivity contribution < 1.29 is 9.18 Å². The molecular weight excluding hydrogens is 383 g/mol. The summed E-state index contributed by atoms with van der Waals surface area (Å²) in [5, 5.41) is 3.76. The Bertz CT molecular complexity index is 1300. The Kier molecular flexibility index (Phi) is 4.89. The van der Waals surface area contributed by atoms with E-state index in [0.29, 0.717) is 11.0 Å². The van der Waals surface area contributed by atoms with Crippen molar-refractivity contribution in [2.24, 2.45) is 0 Å². The van der Waals surface area contributed by atoms with E-state index in [1.807, 2.05) is 45.0 Å². The van der Waals surface area contributed by atoms with Gasteiger partial charge in [-0.15, -0.1) is 0 Å². The fourth-order valence-electron chi connectivity index (χ4n) is 3.61. The van der Waals surface area contributed by atoms with E-state index in [9.17, 15) is 14.0 Å². The summed E-state index contributed by atoms with van der Waals surface area (Å²) in [6.07, 6.45) is 1.50. The van der Waals surface area contributed by atoms with E-state index in [1.54, 1.807) is 16.7 Å². The van der Waals surface area contributed by atoms with Crippen molar-refractivity contribution in [3.63, 3.8) is 0 Å². The maximum Gasteiger partial charge on any atom is 0.278 e. The van der Waals surface area contributed by atoms with Crippen molar-refractivity contribution in [3.8, 4) is 0 Å². The van der Waals surface area contributed by atoms with Crippen molar-refractivity contribution in [2.75, 3.05) is 0 Å². The van der Waals surface area contributed by atoms with Crippen LogP contribution in [0, 0.1) is 5.82 Å². The van der Waals surface area contributed by atoms with Crippen molar-refractivity contribution in [1.82, 2.24) is 19.4 Å². The van der Waals surface area contributed by atoms with Gasteiger partial charge in [0.05, 0.1) is 18.4 Å². The minimum absolute atomic E-state index is 0.0127. The monoisotopic (exact) mass is 406 g/mol. The molecule has 0 saturated carbocycles. The number of nitrogens with one attached hydrogen (secondary N) is 1. The quantitative estimate of drug-likeness (QED) is 0.564. The van der Waals surface area contributed by atoms with E-state index in [-0.39, 0.29) is 35.9 Å². The molecule has 0 radical (unpaired) electrons. The van der Waals surface area contributed by atoms with Crippen LogP contribution in [0.25, 0.3) is 21.9 Å². The fraction of sp³-hybridized carbons (Fsp3) is 0.261. The highest BCUT2D eigenvalue weighted by atomic mass is 19.1. The van der Waals surface area contributed by atoms with Crippen LogP contribution in [-0.2, 0) is 17.9 Å². The zero-order chi connectivity index (χ0) is 21.5. The third-order valence-corrected chi connectivity index (χ3v) is 4.82. The lowest BCUT2D eigenvalue weighted by Gasteiger charge is -2.21.